The largest absolute Gasteiger partial charge is 0.497 e. The van der Waals surface area contributed by atoms with Crippen molar-refractivity contribution in [2.75, 3.05) is 14.2 Å². The molecule has 0 atom stereocenters. The number of imidazole rings is 4. The average Bonchev–Trinajstić information content (AvgIpc) is 4.05. The topological polar surface area (TPSA) is 146 Å². The van der Waals surface area contributed by atoms with Gasteiger partial charge in [0, 0.05) is 72.5 Å². The van der Waals surface area contributed by atoms with Crippen LogP contribution in [0.2, 0.25) is 0 Å². The number of alkyl halides is 3. The van der Waals surface area contributed by atoms with Crippen molar-refractivity contribution in [2.45, 2.75) is 6.18 Å². The van der Waals surface area contributed by atoms with Crippen molar-refractivity contribution in [1.29, 1.82) is 0 Å². The molecule has 0 bridgehead atoms. The van der Waals surface area contributed by atoms with E-state index < -0.39 is 11.7 Å². The molecule has 0 radical (unpaired) electrons. The van der Waals surface area contributed by atoms with Gasteiger partial charge in [-0.3, -0.25) is 4.98 Å². The van der Waals surface area contributed by atoms with Crippen LogP contribution in [0.15, 0.2) is 147 Å². The Bertz CT molecular complexity index is 2120. The van der Waals surface area contributed by atoms with E-state index in [0.29, 0.717) is 11.4 Å². The van der Waals surface area contributed by atoms with E-state index in [1.165, 1.54) is 12.1 Å². The molecule has 0 unspecified atom stereocenters. The lowest BCUT2D eigenvalue weighted by atomic mass is 10.1. The highest BCUT2D eigenvalue weighted by Crippen LogP contribution is 2.30. The number of pyridine rings is 1. The maximum atomic E-state index is 12.2. The van der Waals surface area contributed by atoms with Crippen molar-refractivity contribution in [3.8, 4) is 57.2 Å². The van der Waals surface area contributed by atoms with E-state index in [2.05, 4.69) is 44.9 Å². The highest BCUT2D eigenvalue weighted by Gasteiger charge is 2.30. The number of nitrogens with zero attached hydrogens (tertiary/aromatic N) is 5. The number of methoxy groups -OCH3 is 2. The van der Waals surface area contributed by atoms with E-state index in [-0.39, 0.29) is 0 Å². The zero-order chi connectivity index (χ0) is 36.6. The zero-order valence-electron chi connectivity index (χ0n) is 28.0. The molecule has 5 aromatic heterocycles. The minimum Gasteiger partial charge on any atom is -0.497 e. The third-order valence-corrected chi connectivity index (χ3v) is 7.09. The molecule has 0 spiro atoms. The van der Waals surface area contributed by atoms with Crippen molar-refractivity contribution >= 4 is 0 Å². The second-order valence-electron chi connectivity index (χ2n) is 10.5. The number of hydrogen-bond donors (Lipinski definition) is 4. The molecule has 0 saturated heterocycles. The van der Waals surface area contributed by atoms with E-state index in [0.717, 1.165) is 57.9 Å². The number of H-pyrrole nitrogens is 4. The lowest BCUT2D eigenvalue weighted by molar-refractivity contribution is -0.137. The molecule has 0 amide bonds. The molecule has 0 saturated carbocycles. The molecule has 0 aliphatic carbocycles. The number of aromatic nitrogens is 9. The van der Waals surface area contributed by atoms with E-state index in [9.17, 15) is 13.2 Å². The summed E-state index contributed by atoms with van der Waals surface area (Å²) in [6.07, 6.45) is 11.2. The maximum Gasteiger partial charge on any atom is 0.416 e. The third-order valence-electron chi connectivity index (χ3n) is 7.09. The van der Waals surface area contributed by atoms with Crippen LogP contribution in [0.4, 0.5) is 13.2 Å². The summed E-state index contributed by atoms with van der Waals surface area (Å²) in [5, 5.41) is 0. The number of halogens is 3. The first-order valence-electron chi connectivity index (χ1n) is 15.7. The summed E-state index contributed by atoms with van der Waals surface area (Å²) in [6, 6.07) is 26.1. The van der Waals surface area contributed by atoms with E-state index in [1.807, 2.05) is 66.7 Å². The van der Waals surface area contributed by atoms with Gasteiger partial charge in [0.05, 0.1) is 19.8 Å². The predicted octanol–water partition coefficient (Wildman–Crippen LogP) is 8.74. The molecule has 52 heavy (non-hydrogen) atoms. The van der Waals surface area contributed by atoms with Crippen LogP contribution in [-0.4, -0.2) is 59.1 Å². The van der Waals surface area contributed by atoms with Gasteiger partial charge in [-0.05, 0) is 60.7 Å². The van der Waals surface area contributed by atoms with E-state index >= 15 is 0 Å². The fraction of sp³-hybridized carbons (Fsp3) is 0.0789. The SMILES string of the molecule is COc1ccc(-c2ncc[nH]2)cc1.COc1cccc(-c2ncc[nH]2)c1.FC(F)(F)c1ccc(-c2ncc[nH]2)cc1.c1ccc(-c2ncc[nH]2)nc1. The molecule has 264 valence electrons. The summed E-state index contributed by atoms with van der Waals surface area (Å²) in [7, 11) is 3.31. The van der Waals surface area contributed by atoms with Crippen molar-refractivity contribution in [3.63, 3.8) is 0 Å². The van der Waals surface area contributed by atoms with Gasteiger partial charge < -0.3 is 29.4 Å². The minimum atomic E-state index is -4.29. The van der Waals surface area contributed by atoms with Gasteiger partial charge in [0.15, 0.2) is 5.82 Å². The highest BCUT2D eigenvalue weighted by atomic mass is 19.4. The normalized spacial score (nSPS) is 10.4. The Kier molecular flexibility index (Phi) is 12.7. The number of nitrogens with one attached hydrogen (secondary N) is 4. The maximum absolute atomic E-state index is 12.2. The van der Waals surface area contributed by atoms with Gasteiger partial charge in [0.2, 0.25) is 0 Å². The first kappa shape index (κ1) is 36.3. The van der Waals surface area contributed by atoms with Crippen molar-refractivity contribution < 1.29 is 22.6 Å². The van der Waals surface area contributed by atoms with Crippen molar-refractivity contribution in [3.05, 3.63) is 152 Å². The van der Waals surface area contributed by atoms with Crippen LogP contribution in [0.5, 0.6) is 11.5 Å². The second-order valence-corrected chi connectivity index (χ2v) is 10.5. The number of ether oxygens (including phenoxy) is 2. The van der Waals surface area contributed by atoms with Gasteiger partial charge in [0.25, 0.3) is 0 Å². The first-order chi connectivity index (χ1) is 25.3. The van der Waals surface area contributed by atoms with Crippen LogP contribution in [-0.2, 0) is 6.18 Å². The standard InChI is InChI=1S/C10H7F3N2.2C10H10N2O.C8H7N3/c11-10(12,13)8-3-1-7(2-4-8)9-14-5-6-15-9;1-13-9-4-2-8(3-5-9)10-11-6-7-12-10;1-13-9-4-2-3-8(7-9)10-11-5-6-12-10;1-2-4-9-7(3-1)8-10-5-6-11-8/h1-6H,(H,14,15);2*2-7H,1H3,(H,11,12);1-6H,(H,10,11). The van der Waals surface area contributed by atoms with Crippen LogP contribution >= 0.6 is 0 Å². The predicted molar refractivity (Wildman–Crippen MR) is 192 cm³/mol. The highest BCUT2D eigenvalue weighted by molar-refractivity contribution is 5.58. The Morgan fingerprint density at radius 1 is 0.462 bits per heavy atom. The van der Waals surface area contributed by atoms with Gasteiger partial charge in [-0.2, -0.15) is 13.2 Å². The fourth-order valence-electron chi connectivity index (χ4n) is 4.51. The Morgan fingerprint density at radius 2 is 0.962 bits per heavy atom. The molecule has 11 nitrogen and oxygen atoms in total. The number of benzene rings is 3. The van der Waals surface area contributed by atoms with Gasteiger partial charge >= 0.3 is 6.18 Å². The van der Waals surface area contributed by atoms with Crippen LogP contribution in [0, 0.1) is 0 Å². The van der Waals surface area contributed by atoms with Crippen molar-refractivity contribution in [1.82, 2.24) is 44.9 Å². The summed E-state index contributed by atoms with van der Waals surface area (Å²) in [4.78, 5) is 32.3. The summed E-state index contributed by atoms with van der Waals surface area (Å²) >= 11 is 0. The molecule has 8 rings (SSSR count). The molecule has 14 heteroatoms. The molecule has 0 aliphatic heterocycles. The summed E-state index contributed by atoms with van der Waals surface area (Å²) in [5.41, 5.74) is 2.94. The van der Waals surface area contributed by atoms with Crippen LogP contribution < -0.4 is 9.47 Å². The quantitative estimate of drug-likeness (QED) is 0.135. The van der Waals surface area contributed by atoms with Gasteiger partial charge in [-0.1, -0.05) is 30.3 Å². The Hall–Kier alpha value is -6.96. The molecule has 0 fully saturated rings. The molecule has 4 N–H and O–H groups in total. The number of aromatic amines is 4. The van der Waals surface area contributed by atoms with Crippen LogP contribution in [0.1, 0.15) is 5.56 Å². The van der Waals surface area contributed by atoms with Gasteiger partial charge in [-0.15, -0.1) is 0 Å². The number of hydrogen-bond acceptors (Lipinski definition) is 7. The monoisotopic (exact) mass is 705 g/mol. The summed E-state index contributed by atoms with van der Waals surface area (Å²) in [6.45, 7) is 0. The van der Waals surface area contributed by atoms with Gasteiger partial charge in [-0.25, -0.2) is 19.9 Å². The minimum absolute atomic E-state index is 0.559. The Balaban J connectivity index is 0.000000135. The molecule has 0 aliphatic rings. The lowest BCUT2D eigenvalue weighted by Crippen LogP contribution is -2.04. The van der Waals surface area contributed by atoms with Gasteiger partial charge in [0.1, 0.15) is 34.7 Å². The summed E-state index contributed by atoms with van der Waals surface area (Å²) in [5.74, 6) is 4.81. The Labute approximate surface area is 297 Å². The molecule has 5 heterocycles. The third kappa shape index (κ3) is 10.5. The van der Waals surface area contributed by atoms with E-state index in [1.54, 1.807) is 70.0 Å². The molecular weight excluding hydrogens is 671 g/mol. The second kappa shape index (κ2) is 18.2. The average molecular weight is 706 g/mol. The molecule has 3 aromatic carbocycles. The van der Waals surface area contributed by atoms with Crippen LogP contribution in [0.25, 0.3) is 45.7 Å². The van der Waals surface area contributed by atoms with E-state index in [4.69, 9.17) is 9.47 Å². The zero-order valence-corrected chi connectivity index (χ0v) is 28.0. The lowest BCUT2D eigenvalue weighted by Gasteiger charge is -2.06. The smallest absolute Gasteiger partial charge is 0.416 e. The fourth-order valence-corrected chi connectivity index (χ4v) is 4.51. The van der Waals surface area contributed by atoms with Crippen LogP contribution in [0.3, 0.4) is 0 Å². The molecule has 8 aromatic rings. The Morgan fingerprint density at radius 3 is 1.40 bits per heavy atom. The number of rotatable bonds is 6. The van der Waals surface area contributed by atoms with Crippen molar-refractivity contribution in [2.24, 2.45) is 0 Å². The molecular formula is C38H34F3N9O2. The summed E-state index contributed by atoms with van der Waals surface area (Å²) < 4.78 is 46.9. The first-order valence-corrected chi connectivity index (χ1v) is 15.7.